The van der Waals surface area contributed by atoms with Crippen molar-refractivity contribution in [3.8, 4) is 0 Å². The van der Waals surface area contributed by atoms with Crippen LogP contribution >= 0.6 is 22.7 Å². The number of thiazole rings is 2. The minimum absolute atomic E-state index is 0. The first-order valence-corrected chi connectivity index (χ1v) is 49.8. The molecule has 0 aromatic carbocycles. The number of nitrogens with one attached hydrogen (secondary N) is 2. The summed E-state index contributed by atoms with van der Waals surface area (Å²) in [5.74, 6) is -3.75. The summed E-state index contributed by atoms with van der Waals surface area (Å²) in [6, 6.07) is 0.574. The van der Waals surface area contributed by atoms with Crippen molar-refractivity contribution in [3.05, 3.63) is 32.2 Å². The van der Waals surface area contributed by atoms with Crippen LogP contribution in [0.1, 0.15) is 230 Å². The molecule has 4 amide bonds. The number of aromatic carboxylic acids is 1. The zero-order valence-electron chi connectivity index (χ0n) is 62.0. The summed E-state index contributed by atoms with van der Waals surface area (Å²) in [6.07, 6.45) is 8.29. The van der Waals surface area contributed by atoms with E-state index in [1.807, 2.05) is 88.2 Å². The number of carboxylic acids is 1. The van der Waals surface area contributed by atoms with Crippen molar-refractivity contribution < 1.29 is 72.0 Å². The van der Waals surface area contributed by atoms with Gasteiger partial charge in [0.2, 0.25) is 23.6 Å². The van der Waals surface area contributed by atoms with Crippen LogP contribution in [-0.4, -0.2) is 210 Å². The summed E-state index contributed by atoms with van der Waals surface area (Å²) in [6.45, 7) is 29.4. The molecular formula is C68H125N8O15S2Si2Sn. The van der Waals surface area contributed by atoms with Crippen molar-refractivity contribution in [1.29, 1.82) is 0 Å². The van der Waals surface area contributed by atoms with Gasteiger partial charge in [0.15, 0.2) is 42.9 Å². The van der Waals surface area contributed by atoms with Crippen molar-refractivity contribution in [3.63, 3.8) is 0 Å². The van der Waals surface area contributed by atoms with Gasteiger partial charge in [0.05, 0.1) is 31.4 Å². The van der Waals surface area contributed by atoms with E-state index in [0.717, 1.165) is 75.8 Å². The number of hydrogen-bond acceptors (Lipinski definition) is 19. The van der Waals surface area contributed by atoms with Gasteiger partial charge in [-0.3, -0.25) is 38.6 Å². The molecule has 4 rings (SSSR count). The summed E-state index contributed by atoms with van der Waals surface area (Å²) in [5, 5.41) is 20.1. The number of likely N-dealkylation sites (tertiary alicyclic amines) is 2. The molecule has 0 bridgehead atoms. The third-order valence-electron chi connectivity index (χ3n) is 17.9. The molecule has 0 saturated carbocycles. The third-order valence-corrected chi connectivity index (χ3v) is 24.8. The number of carboxylic acid groups (broad SMARTS) is 1. The number of carbonyl (C=O) groups is 8. The average Bonchev–Trinajstić information content (AvgIpc) is 1.72. The number of ether oxygens (including phenoxy) is 3. The van der Waals surface area contributed by atoms with E-state index in [-0.39, 0.29) is 109 Å². The van der Waals surface area contributed by atoms with Gasteiger partial charge in [-0.25, -0.2) is 19.6 Å². The molecule has 4 heterocycles. The van der Waals surface area contributed by atoms with E-state index in [1.54, 1.807) is 15.2 Å². The fraction of sp³-hybridized carbons (Fsp3) is 0.794. The molecule has 5 N–H and O–H groups in total. The fourth-order valence-corrected chi connectivity index (χ4v) is 16.7. The van der Waals surface area contributed by atoms with Crippen LogP contribution in [0.2, 0.25) is 39.0 Å². The number of likely N-dealkylation sites (N-methyl/N-ethyl adjacent to an activating group) is 2. The second-order valence-corrected chi connectivity index (χ2v) is 43.4. The average molecular weight is 1530 g/mol. The van der Waals surface area contributed by atoms with Crippen molar-refractivity contribution in [2.45, 2.75) is 274 Å². The van der Waals surface area contributed by atoms with Gasteiger partial charge in [-0.05, 0) is 126 Å². The normalized spacial score (nSPS) is 17.6. The van der Waals surface area contributed by atoms with Crippen LogP contribution in [0.4, 0.5) is 0 Å². The summed E-state index contributed by atoms with van der Waals surface area (Å²) in [4.78, 5) is 129. The number of esters is 3. The Morgan fingerprint density at radius 1 is 0.615 bits per heavy atom. The number of hydrogen-bond donors (Lipinski definition) is 3. The molecule has 2 fully saturated rings. The van der Waals surface area contributed by atoms with Crippen LogP contribution in [-0.2, 0) is 51.8 Å². The molecule has 28 heteroatoms. The monoisotopic (exact) mass is 1530 g/mol. The quantitative estimate of drug-likeness (QED) is 0.0244. The van der Waals surface area contributed by atoms with E-state index < -0.39 is 92.1 Å². The van der Waals surface area contributed by atoms with Gasteiger partial charge in [-0.1, -0.05) is 123 Å². The molecule has 2 aliphatic heterocycles. The van der Waals surface area contributed by atoms with E-state index in [2.05, 4.69) is 68.0 Å². The Hall–Kier alpha value is -3.95. The van der Waals surface area contributed by atoms with E-state index in [0.29, 0.717) is 48.5 Å². The van der Waals surface area contributed by atoms with Crippen LogP contribution in [0.5, 0.6) is 0 Å². The van der Waals surface area contributed by atoms with Crippen LogP contribution in [0, 0.1) is 23.7 Å². The zero-order valence-corrected chi connectivity index (χ0v) is 68.8. The summed E-state index contributed by atoms with van der Waals surface area (Å²) >= 11 is 2.04. The maximum atomic E-state index is 14.6. The Labute approximate surface area is 594 Å². The van der Waals surface area contributed by atoms with Gasteiger partial charge in [-0.2, -0.15) is 0 Å². The van der Waals surface area contributed by atoms with Crippen molar-refractivity contribution in [1.82, 2.24) is 40.2 Å². The number of aromatic nitrogens is 2. The van der Waals surface area contributed by atoms with Gasteiger partial charge < -0.3 is 54.1 Å². The third kappa shape index (κ3) is 30.1. The number of amides is 4. The molecule has 0 spiro atoms. The summed E-state index contributed by atoms with van der Waals surface area (Å²) in [5.41, 5.74) is 0.182. The molecule has 96 heavy (non-hydrogen) atoms. The molecule has 23 nitrogen and oxygen atoms in total. The molecule has 2 aromatic rings. The Morgan fingerprint density at radius 3 is 1.26 bits per heavy atom. The Morgan fingerprint density at radius 2 is 0.969 bits per heavy atom. The Balaban J connectivity index is 0.000000900. The fourth-order valence-electron chi connectivity index (χ4n) is 11.5. The zero-order chi connectivity index (χ0) is 71.6. The Bertz CT molecular complexity index is 2610. The second-order valence-electron chi connectivity index (χ2n) is 26.8. The van der Waals surface area contributed by atoms with Gasteiger partial charge in [0.1, 0.15) is 22.1 Å². The van der Waals surface area contributed by atoms with E-state index in [4.69, 9.17) is 23.1 Å². The van der Waals surface area contributed by atoms with Crippen LogP contribution in [0.3, 0.4) is 0 Å². The number of piperidine rings is 2. The van der Waals surface area contributed by atoms with E-state index in [9.17, 15) is 43.5 Å². The molecule has 2 saturated heterocycles. The SMILES string of the molecule is CCCC(=O)OCN(C(=O)[C@@H](NC(=O)[C@H]1CCCCN1C)C(C)CC)[C@H](C[C@@H](O[SiH](CC)CC)c1nc(C(=O)O)cs1)C(C)C.CCCC(=O)OCN(C(=O)[C@@H](NC(=O)[C@H]1CCCCN1C)C(C)CC)[C@H](C[C@@H](O[SiH](CC)CC)c1nc(C(=O)OC)cs1)C(C)C.O.[CH3][Sn]([CH3])[CH3]. The Kier molecular flexibility index (Phi) is 45.0. The molecular weight excluding hydrogens is 1410 g/mol. The molecule has 2 aliphatic rings. The first-order valence-electron chi connectivity index (χ1n) is 35.3. The van der Waals surface area contributed by atoms with Gasteiger partial charge >= 0.3 is 58.5 Å². The van der Waals surface area contributed by atoms with Gasteiger partial charge in [0.25, 0.3) is 0 Å². The maximum absolute atomic E-state index is 14.6. The molecule has 0 aliphatic carbocycles. The standard InChI is InChI=1S/C33H58N4O7SSi.C32H56N4O7SSi.3CH3.H2O.Sn/c1-10-16-28(38)43-21-37(32(40)29(23(7)11-2)35-30(39)25-17-14-15-18-36(25)8)26(22(5)6)19-27(44-46(12-3)13-4)31-34-24(20-45-31)33(41)42-9;1-9-15-27(37)42-20-36(31(39)28(22(7)10-2)34-29(38)24-16-13-14-17-35(24)8)25(21(5)6)18-26(43-45(11-3)12-4)30-33-23(19-44-30)32(40)41;;;;;/h20,22-23,25-27,29,46H,10-19,21H2,1-9H3,(H,35,39);19,21-22,24-26,28,45H,9-18,20H2,1-8H3,(H,34,38)(H,40,41);3*1H3;1H2;/t23?,25-,26-,27-,29+;22?,24-,25-,26-,28+;;;;;/m11...../s1. The van der Waals surface area contributed by atoms with E-state index in [1.165, 1.54) is 35.2 Å². The number of methoxy groups -OCH3 is 1. The predicted octanol–water partition coefficient (Wildman–Crippen LogP) is 11.1. The molecule has 1 radical (unpaired) electrons. The van der Waals surface area contributed by atoms with Crippen LogP contribution < -0.4 is 10.6 Å². The summed E-state index contributed by atoms with van der Waals surface area (Å²) in [7, 11) is 1.96. The minimum atomic E-state index is -1.64. The van der Waals surface area contributed by atoms with E-state index >= 15 is 0 Å². The molecule has 2 aromatic heterocycles. The van der Waals surface area contributed by atoms with Crippen LogP contribution in [0.15, 0.2) is 10.8 Å². The molecule has 551 valence electrons. The van der Waals surface area contributed by atoms with Crippen molar-refractivity contribution >= 4 is 108 Å². The van der Waals surface area contributed by atoms with Crippen LogP contribution in [0.25, 0.3) is 0 Å². The van der Waals surface area contributed by atoms with Gasteiger partial charge in [-0.15, -0.1) is 22.7 Å². The molecule has 2 unspecified atom stereocenters. The predicted molar refractivity (Wildman–Crippen MR) is 389 cm³/mol. The number of rotatable bonds is 38. The first kappa shape index (κ1) is 90.1. The van der Waals surface area contributed by atoms with Crippen molar-refractivity contribution in [2.24, 2.45) is 23.7 Å². The van der Waals surface area contributed by atoms with Gasteiger partial charge in [0, 0.05) is 35.7 Å². The summed E-state index contributed by atoms with van der Waals surface area (Å²) < 4.78 is 29.7. The molecule has 10 atom stereocenters. The second kappa shape index (κ2) is 48.0. The topological polar surface area (TPSA) is 297 Å². The first-order chi connectivity index (χ1) is 45.0. The number of nitrogens with zero attached hydrogens (tertiary/aromatic N) is 6. The van der Waals surface area contributed by atoms with Crippen molar-refractivity contribution in [2.75, 3.05) is 47.8 Å². The number of carbonyl (C=O) groups excluding carboxylic acids is 7.